The molecule has 1 saturated heterocycles. The molecule has 4 nitrogen and oxygen atoms in total. The van der Waals surface area contributed by atoms with Crippen molar-refractivity contribution in [2.45, 2.75) is 20.8 Å². The lowest BCUT2D eigenvalue weighted by Crippen LogP contribution is -3.15. The summed E-state index contributed by atoms with van der Waals surface area (Å²) in [5.41, 5.74) is 4.25. The van der Waals surface area contributed by atoms with Crippen LogP contribution >= 0.6 is 15.9 Å². The van der Waals surface area contributed by atoms with E-state index in [4.69, 9.17) is 5.11 Å². The number of amides is 1. The minimum atomic E-state index is 0.124. The Balaban J connectivity index is 2.15. The highest BCUT2D eigenvalue weighted by Crippen LogP contribution is 2.26. The van der Waals surface area contributed by atoms with Gasteiger partial charge in [-0.2, -0.15) is 0 Å². The highest BCUT2D eigenvalue weighted by molar-refractivity contribution is 9.10. The third kappa shape index (κ3) is 3.47. The van der Waals surface area contributed by atoms with Gasteiger partial charge in [0.15, 0.2) is 0 Å². The number of hydrogen-bond donors (Lipinski definition) is 2. The molecule has 21 heavy (non-hydrogen) atoms. The number of carbonyl (C=O) groups is 1. The molecule has 5 heteroatoms. The smallest absolute Gasteiger partial charge is 0.254 e. The maximum Gasteiger partial charge on any atom is 0.254 e. The molecule has 0 saturated carbocycles. The molecule has 1 aromatic carbocycles. The van der Waals surface area contributed by atoms with Crippen LogP contribution in [0.1, 0.15) is 27.0 Å². The van der Waals surface area contributed by atoms with Gasteiger partial charge >= 0.3 is 0 Å². The zero-order chi connectivity index (χ0) is 15.6. The van der Waals surface area contributed by atoms with Crippen LogP contribution in [-0.2, 0) is 0 Å². The van der Waals surface area contributed by atoms with Crippen molar-refractivity contribution in [3.8, 4) is 0 Å². The minimum Gasteiger partial charge on any atom is -0.391 e. The number of quaternary nitrogens is 1. The van der Waals surface area contributed by atoms with Crippen LogP contribution in [0.3, 0.4) is 0 Å². The van der Waals surface area contributed by atoms with E-state index in [-0.39, 0.29) is 12.5 Å². The molecule has 2 N–H and O–H groups in total. The van der Waals surface area contributed by atoms with E-state index in [2.05, 4.69) is 29.8 Å². The summed E-state index contributed by atoms with van der Waals surface area (Å²) < 4.78 is 0.999. The zero-order valence-corrected chi connectivity index (χ0v) is 14.6. The minimum absolute atomic E-state index is 0.124. The topological polar surface area (TPSA) is 45.0 Å². The molecule has 2 rings (SSSR count). The summed E-state index contributed by atoms with van der Waals surface area (Å²) in [6.45, 7) is 10.5. The van der Waals surface area contributed by atoms with E-state index in [1.807, 2.05) is 17.9 Å². The first-order valence-electron chi connectivity index (χ1n) is 7.45. The van der Waals surface area contributed by atoms with Gasteiger partial charge < -0.3 is 14.9 Å². The average Bonchev–Trinajstić information content (AvgIpc) is 2.49. The van der Waals surface area contributed by atoms with Gasteiger partial charge in [0.2, 0.25) is 0 Å². The summed E-state index contributed by atoms with van der Waals surface area (Å²) in [4.78, 5) is 16.1. The molecule has 0 spiro atoms. The zero-order valence-electron chi connectivity index (χ0n) is 13.0. The van der Waals surface area contributed by atoms with Crippen LogP contribution in [0.25, 0.3) is 0 Å². The molecule has 0 aliphatic carbocycles. The van der Waals surface area contributed by atoms with Crippen molar-refractivity contribution in [1.29, 1.82) is 0 Å². The van der Waals surface area contributed by atoms with Crippen LogP contribution in [0.4, 0.5) is 0 Å². The molecule has 1 aliphatic heterocycles. The molecule has 116 valence electrons. The third-order valence-corrected chi connectivity index (χ3v) is 5.44. The fourth-order valence-corrected chi connectivity index (χ4v) is 3.36. The van der Waals surface area contributed by atoms with Crippen molar-refractivity contribution in [3.63, 3.8) is 0 Å². The number of halogens is 1. The Bertz CT molecular complexity index is 538. The molecule has 1 aromatic rings. The van der Waals surface area contributed by atoms with Gasteiger partial charge in [-0.05, 0) is 43.5 Å². The van der Waals surface area contributed by atoms with Crippen molar-refractivity contribution in [3.05, 3.63) is 32.8 Å². The van der Waals surface area contributed by atoms with E-state index in [9.17, 15) is 4.79 Å². The van der Waals surface area contributed by atoms with E-state index in [1.165, 1.54) is 16.0 Å². The SMILES string of the molecule is Cc1c(Br)cc(C(=O)N2CC[NH+](CCO)CC2)c(C)c1C. The lowest BCUT2D eigenvalue weighted by molar-refractivity contribution is -0.904. The Morgan fingerprint density at radius 1 is 1.24 bits per heavy atom. The van der Waals surface area contributed by atoms with Crippen LogP contribution in [0.5, 0.6) is 0 Å². The molecule has 1 heterocycles. The lowest BCUT2D eigenvalue weighted by atomic mass is 9.98. The summed E-state index contributed by atoms with van der Waals surface area (Å²) in [6, 6.07) is 1.95. The number of aliphatic hydroxyl groups is 1. The first-order chi connectivity index (χ1) is 9.95. The molecular weight excluding hydrogens is 332 g/mol. The molecule has 1 fully saturated rings. The first-order valence-corrected chi connectivity index (χ1v) is 8.25. The Kier molecular flexibility index (Phi) is 5.41. The summed E-state index contributed by atoms with van der Waals surface area (Å²) >= 11 is 3.55. The van der Waals surface area contributed by atoms with Crippen molar-refractivity contribution >= 4 is 21.8 Å². The van der Waals surface area contributed by atoms with Crippen LogP contribution in [0.15, 0.2) is 10.5 Å². The van der Waals surface area contributed by atoms with Crippen LogP contribution < -0.4 is 4.90 Å². The monoisotopic (exact) mass is 355 g/mol. The van der Waals surface area contributed by atoms with Gasteiger partial charge in [0.1, 0.15) is 6.54 Å². The van der Waals surface area contributed by atoms with Crippen molar-refractivity contribution in [2.75, 3.05) is 39.3 Å². The second kappa shape index (κ2) is 6.90. The van der Waals surface area contributed by atoms with E-state index in [0.717, 1.165) is 48.3 Å². The number of hydrogen-bond acceptors (Lipinski definition) is 2. The number of aliphatic hydroxyl groups excluding tert-OH is 1. The molecule has 0 radical (unpaired) electrons. The Morgan fingerprint density at radius 3 is 2.43 bits per heavy atom. The van der Waals surface area contributed by atoms with Gasteiger partial charge in [0.05, 0.1) is 32.8 Å². The number of carbonyl (C=O) groups excluding carboxylic acids is 1. The molecule has 1 aliphatic rings. The summed E-state index contributed by atoms with van der Waals surface area (Å²) in [5, 5.41) is 8.99. The van der Waals surface area contributed by atoms with Gasteiger partial charge in [-0.25, -0.2) is 0 Å². The van der Waals surface area contributed by atoms with Gasteiger partial charge in [0, 0.05) is 10.0 Å². The number of nitrogens with one attached hydrogen (secondary N) is 1. The molecule has 1 amide bonds. The van der Waals surface area contributed by atoms with Gasteiger partial charge in [0.25, 0.3) is 5.91 Å². The van der Waals surface area contributed by atoms with E-state index in [0.29, 0.717) is 0 Å². The number of nitrogens with zero attached hydrogens (tertiary/aromatic N) is 1. The van der Waals surface area contributed by atoms with Crippen molar-refractivity contribution in [1.82, 2.24) is 4.90 Å². The van der Waals surface area contributed by atoms with Gasteiger partial charge in [-0.3, -0.25) is 4.79 Å². The lowest BCUT2D eigenvalue weighted by Gasteiger charge is -2.32. The third-order valence-electron chi connectivity index (χ3n) is 4.61. The number of piperazine rings is 1. The molecule has 0 bridgehead atoms. The Morgan fingerprint density at radius 2 is 1.86 bits per heavy atom. The quantitative estimate of drug-likeness (QED) is 0.838. The number of benzene rings is 1. The maximum atomic E-state index is 12.7. The van der Waals surface area contributed by atoms with Gasteiger partial charge in [-0.15, -0.1) is 0 Å². The number of rotatable bonds is 3. The van der Waals surface area contributed by atoms with E-state index in [1.54, 1.807) is 0 Å². The molecule has 0 unspecified atom stereocenters. The molecule has 0 atom stereocenters. The second-order valence-corrected chi connectivity index (χ2v) is 6.65. The first kappa shape index (κ1) is 16.5. The predicted molar refractivity (Wildman–Crippen MR) is 86.9 cm³/mol. The average molecular weight is 356 g/mol. The highest BCUT2D eigenvalue weighted by atomic mass is 79.9. The van der Waals surface area contributed by atoms with Gasteiger partial charge in [-0.1, -0.05) is 15.9 Å². The standard InChI is InChI=1S/C16H23BrN2O2/c1-11-12(2)14(10-15(17)13(11)3)16(21)19-6-4-18(5-7-19)8-9-20/h10,20H,4-9H2,1-3H3/p+1. The fraction of sp³-hybridized carbons (Fsp3) is 0.562. The molecule has 0 aromatic heterocycles. The molecular formula is C16H24BrN2O2+. The largest absolute Gasteiger partial charge is 0.391 e. The summed E-state index contributed by atoms with van der Waals surface area (Å²) in [5.74, 6) is 0.124. The van der Waals surface area contributed by atoms with Crippen molar-refractivity contribution < 1.29 is 14.8 Å². The normalized spacial score (nSPS) is 16.3. The van der Waals surface area contributed by atoms with Crippen molar-refractivity contribution in [2.24, 2.45) is 0 Å². The fourth-order valence-electron chi connectivity index (χ4n) is 2.83. The predicted octanol–water partition coefficient (Wildman–Crippen LogP) is 0.707. The van der Waals surface area contributed by atoms with Crippen LogP contribution in [-0.4, -0.2) is 55.2 Å². The Labute approximate surface area is 134 Å². The highest BCUT2D eigenvalue weighted by Gasteiger charge is 2.26. The van der Waals surface area contributed by atoms with Crippen LogP contribution in [0, 0.1) is 20.8 Å². The maximum absolute atomic E-state index is 12.7. The van der Waals surface area contributed by atoms with E-state index >= 15 is 0 Å². The Hall–Kier alpha value is -0.910. The summed E-state index contributed by atoms with van der Waals surface area (Å²) in [7, 11) is 0. The summed E-state index contributed by atoms with van der Waals surface area (Å²) in [6.07, 6.45) is 0. The van der Waals surface area contributed by atoms with E-state index < -0.39 is 0 Å². The van der Waals surface area contributed by atoms with Crippen LogP contribution in [0.2, 0.25) is 0 Å². The second-order valence-electron chi connectivity index (χ2n) is 5.80.